The first kappa shape index (κ1) is 19.0. The van der Waals surface area contributed by atoms with Crippen molar-refractivity contribution in [3.63, 3.8) is 0 Å². The van der Waals surface area contributed by atoms with E-state index >= 15 is 0 Å². The lowest BCUT2D eigenvalue weighted by Gasteiger charge is -2.28. The van der Waals surface area contributed by atoms with E-state index < -0.39 is 10.0 Å². The second-order valence-electron chi connectivity index (χ2n) is 6.01. The molecule has 1 fully saturated rings. The first-order valence-electron chi connectivity index (χ1n) is 7.82. The van der Waals surface area contributed by atoms with Gasteiger partial charge in [0.2, 0.25) is 10.0 Å². The maximum Gasteiger partial charge on any atom is 0.241 e. The fourth-order valence-electron chi connectivity index (χ4n) is 3.18. The van der Waals surface area contributed by atoms with Gasteiger partial charge in [0.15, 0.2) is 0 Å². The monoisotopic (exact) mass is 370 g/mol. The Morgan fingerprint density at radius 2 is 1.88 bits per heavy atom. The molecule has 24 heavy (non-hydrogen) atoms. The van der Waals surface area contributed by atoms with Crippen molar-refractivity contribution < 1.29 is 13.2 Å². The zero-order chi connectivity index (χ0) is 16.4. The molecule has 1 aliphatic rings. The van der Waals surface area contributed by atoms with Gasteiger partial charge in [0.1, 0.15) is 5.75 Å². The zero-order valence-electron chi connectivity index (χ0n) is 13.8. The van der Waals surface area contributed by atoms with Crippen LogP contribution in [0.2, 0.25) is 0 Å². The highest BCUT2D eigenvalue weighted by molar-refractivity contribution is 7.89. The second-order valence-corrected chi connectivity index (χ2v) is 7.69. The standard InChI is InChI=1S/C17H22N2O3S.ClH/c1-12-11-13(9-10-18-12)19-23(20,21)17-8-7-16(22-2)14-5-3-4-6-15(14)17;/h3-8,12-13,18-19H,9-11H2,1-2H3;1H. The Labute approximate surface area is 149 Å². The maximum absolute atomic E-state index is 12.8. The molecular formula is C17H23ClN2O3S. The summed E-state index contributed by atoms with van der Waals surface area (Å²) < 4.78 is 33.9. The highest BCUT2D eigenvalue weighted by Crippen LogP contribution is 2.31. The lowest BCUT2D eigenvalue weighted by atomic mass is 10.0. The van der Waals surface area contributed by atoms with Gasteiger partial charge in [0.25, 0.3) is 0 Å². The Bertz CT molecular complexity index is 811. The van der Waals surface area contributed by atoms with E-state index in [2.05, 4.69) is 17.0 Å². The van der Waals surface area contributed by atoms with Crippen LogP contribution in [-0.2, 0) is 10.0 Å². The molecule has 132 valence electrons. The van der Waals surface area contributed by atoms with Gasteiger partial charge >= 0.3 is 0 Å². The summed E-state index contributed by atoms with van der Waals surface area (Å²) in [4.78, 5) is 0.306. The molecule has 0 aromatic heterocycles. The Morgan fingerprint density at radius 3 is 2.54 bits per heavy atom. The first-order valence-corrected chi connectivity index (χ1v) is 9.31. The van der Waals surface area contributed by atoms with Crippen LogP contribution in [-0.4, -0.2) is 34.2 Å². The lowest BCUT2D eigenvalue weighted by molar-refractivity contribution is 0.361. The SMILES string of the molecule is COc1ccc(S(=O)(=O)NC2CCNC(C)C2)c2ccccc12.Cl. The fourth-order valence-corrected chi connectivity index (χ4v) is 4.67. The number of rotatable bonds is 4. The third-order valence-electron chi connectivity index (χ3n) is 4.30. The predicted molar refractivity (Wildman–Crippen MR) is 98.6 cm³/mol. The van der Waals surface area contributed by atoms with Crippen molar-refractivity contribution in [2.75, 3.05) is 13.7 Å². The van der Waals surface area contributed by atoms with Gasteiger partial charge in [-0.2, -0.15) is 0 Å². The average Bonchev–Trinajstić information content (AvgIpc) is 2.53. The van der Waals surface area contributed by atoms with E-state index in [4.69, 9.17) is 4.74 Å². The molecule has 0 bridgehead atoms. The smallest absolute Gasteiger partial charge is 0.241 e. The Kier molecular flexibility index (Phi) is 6.09. The van der Waals surface area contributed by atoms with Gasteiger partial charge in [-0.1, -0.05) is 24.3 Å². The topological polar surface area (TPSA) is 67.4 Å². The third kappa shape index (κ3) is 3.83. The Morgan fingerprint density at radius 1 is 1.17 bits per heavy atom. The number of halogens is 1. The minimum atomic E-state index is -3.57. The van der Waals surface area contributed by atoms with E-state index in [9.17, 15) is 8.42 Å². The summed E-state index contributed by atoms with van der Waals surface area (Å²) in [6.07, 6.45) is 1.60. The molecule has 2 N–H and O–H groups in total. The molecule has 0 aliphatic carbocycles. The summed E-state index contributed by atoms with van der Waals surface area (Å²) in [7, 11) is -1.98. The molecule has 2 aromatic carbocycles. The molecule has 0 saturated carbocycles. The van der Waals surface area contributed by atoms with Crippen molar-refractivity contribution >= 4 is 33.2 Å². The largest absolute Gasteiger partial charge is 0.496 e. The zero-order valence-corrected chi connectivity index (χ0v) is 15.4. The molecule has 5 nitrogen and oxygen atoms in total. The van der Waals surface area contributed by atoms with Crippen LogP contribution in [0.4, 0.5) is 0 Å². The van der Waals surface area contributed by atoms with Crippen molar-refractivity contribution in [3.8, 4) is 5.75 Å². The maximum atomic E-state index is 12.8. The molecule has 2 atom stereocenters. The van der Waals surface area contributed by atoms with Crippen molar-refractivity contribution in [2.24, 2.45) is 0 Å². The molecule has 0 radical (unpaired) electrons. The van der Waals surface area contributed by atoms with Gasteiger partial charge in [-0.05, 0) is 38.4 Å². The van der Waals surface area contributed by atoms with Crippen LogP contribution in [0, 0.1) is 0 Å². The van der Waals surface area contributed by atoms with Crippen LogP contribution < -0.4 is 14.8 Å². The number of sulfonamides is 1. The third-order valence-corrected chi connectivity index (χ3v) is 5.88. The van der Waals surface area contributed by atoms with E-state index in [-0.39, 0.29) is 18.4 Å². The lowest BCUT2D eigenvalue weighted by Crippen LogP contribution is -2.46. The molecule has 0 spiro atoms. The van der Waals surface area contributed by atoms with Crippen LogP contribution in [0.5, 0.6) is 5.75 Å². The Hall–Kier alpha value is -1.34. The van der Waals surface area contributed by atoms with Crippen LogP contribution in [0.1, 0.15) is 19.8 Å². The van der Waals surface area contributed by atoms with Crippen LogP contribution >= 0.6 is 12.4 Å². The van der Waals surface area contributed by atoms with Crippen molar-refractivity contribution in [2.45, 2.75) is 36.7 Å². The normalized spacial score (nSPS) is 21.2. The quantitative estimate of drug-likeness (QED) is 0.868. The molecule has 1 aliphatic heterocycles. The molecule has 3 rings (SSSR count). The number of hydrogen-bond acceptors (Lipinski definition) is 4. The van der Waals surface area contributed by atoms with E-state index in [0.717, 1.165) is 24.8 Å². The van der Waals surface area contributed by atoms with Crippen molar-refractivity contribution in [1.82, 2.24) is 10.0 Å². The first-order chi connectivity index (χ1) is 11.0. The second kappa shape index (κ2) is 7.70. The molecule has 2 unspecified atom stereocenters. The number of fused-ring (bicyclic) bond motifs is 1. The number of methoxy groups -OCH3 is 1. The van der Waals surface area contributed by atoms with Gasteiger partial charge in [-0.15, -0.1) is 12.4 Å². The average molecular weight is 371 g/mol. The molecular weight excluding hydrogens is 348 g/mol. The predicted octanol–water partition coefficient (Wildman–Crippen LogP) is 2.69. The molecule has 1 heterocycles. The summed E-state index contributed by atoms with van der Waals surface area (Å²) in [5.74, 6) is 0.676. The fraction of sp³-hybridized carbons (Fsp3) is 0.412. The number of piperidine rings is 1. The van der Waals surface area contributed by atoms with Gasteiger partial charge in [0, 0.05) is 22.9 Å². The highest BCUT2D eigenvalue weighted by atomic mass is 35.5. The number of hydrogen-bond donors (Lipinski definition) is 2. The summed E-state index contributed by atoms with van der Waals surface area (Å²) >= 11 is 0. The number of ether oxygens (including phenoxy) is 1. The van der Waals surface area contributed by atoms with Gasteiger partial charge in [-0.25, -0.2) is 13.1 Å². The summed E-state index contributed by atoms with van der Waals surface area (Å²) in [5.41, 5.74) is 0. The molecule has 2 aromatic rings. The van der Waals surface area contributed by atoms with Gasteiger partial charge < -0.3 is 10.1 Å². The molecule has 0 amide bonds. The summed E-state index contributed by atoms with van der Waals surface area (Å²) in [6.45, 7) is 2.90. The minimum absolute atomic E-state index is 0. The van der Waals surface area contributed by atoms with Crippen LogP contribution in [0.25, 0.3) is 10.8 Å². The van der Waals surface area contributed by atoms with E-state index in [1.54, 1.807) is 19.2 Å². The molecule has 1 saturated heterocycles. The van der Waals surface area contributed by atoms with Gasteiger partial charge in [0.05, 0.1) is 12.0 Å². The molecule has 7 heteroatoms. The van der Waals surface area contributed by atoms with Crippen LogP contribution in [0.3, 0.4) is 0 Å². The van der Waals surface area contributed by atoms with Crippen molar-refractivity contribution in [3.05, 3.63) is 36.4 Å². The van der Waals surface area contributed by atoms with Crippen molar-refractivity contribution in [1.29, 1.82) is 0 Å². The highest BCUT2D eigenvalue weighted by Gasteiger charge is 2.26. The minimum Gasteiger partial charge on any atom is -0.496 e. The number of nitrogens with one attached hydrogen (secondary N) is 2. The van der Waals surface area contributed by atoms with E-state index in [1.165, 1.54) is 0 Å². The Balaban J connectivity index is 0.00000208. The van der Waals surface area contributed by atoms with Gasteiger partial charge in [-0.3, -0.25) is 0 Å². The summed E-state index contributed by atoms with van der Waals surface area (Å²) in [6, 6.07) is 11.0. The van der Waals surface area contributed by atoms with Crippen LogP contribution in [0.15, 0.2) is 41.3 Å². The van der Waals surface area contributed by atoms with E-state index in [1.807, 2.05) is 24.3 Å². The van der Waals surface area contributed by atoms with E-state index in [0.29, 0.717) is 22.1 Å². The summed E-state index contributed by atoms with van der Waals surface area (Å²) in [5, 5.41) is 4.81. The number of benzene rings is 2.